The second kappa shape index (κ2) is 5.10. The third kappa shape index (κ3) is 2.63. The number of carboxylic acid groups (broad SMARTS) is 1. The van der Waals surface area contributed by atoms with Gasteiger partial charge >= 0.3 is 6.09 Å². The smallest absolute Gasteiger partial charge is 0.407 e. The molecule has 5 nitrogen and oxygen atoms in total. The summed E-state index contributed by atoms with van der Waals surface area (Å²) in [4.78, 5) is 19.9. The van der Waals surface area contributed by atoms with Crippen molar-refractivity contribution in [2.24, 2.45) is 0 Å². The number of anilines is 1. The Kier molecular flexibility index (Phi) is 3.73. The summed E-state index contributed by atoms with van der Waals surface area (Å²) < 4.78 is 0. The number of amides is 1. The first kappa shape index (κ1) is 12.4. The van der Waals surface area contributed by atoms with Gasteiger partial charge in [-0.3, -0.25) is 0 Å². The Labute approximate surface area is 109 Å². The maximum atomic E-state index is 10.8. The number of aryl methyl sites for hydroxylation is 1. The molecule has 0 radical (unpaired) electrons. The Balaban J connectivity index is 2.02. The molecule has 1 aromatic heterocycles. The molecule has 7 heteroatoms. The summed E-state index contributed by atoms with van der Waals surface area (Å²) in [6, 6.07) is 0. The summed E-state index contributed by atoms with van der Waals surface area (Å²) in [6.07, 6.45) is -0.846. The number of halogens is 1. The molecule has 2 rings (SSSR count). The maximum absolute atomic E-state index is 10.8. The highest BCUT2D eigenvalue weighted by Gasteiger charge is 2.22. The number of piperazine rings is 1. The van der Waals surface area contributed by atoms with Crippen LogP contribution in [0, 0.1) is 6.92 Å². The Morgan fingerprint density at radius 1 is 1.47 bits per heavy atom. The van der Waals surface area contributed by atoms with Crippen LogP contribution >= 0.6 is 22.9 Å². The molecule has 1 N–H and O–H groups in total. The zero-order chi connectivity index (χ0) is 12.4. The van der Waals surface area contributed by atoms with Crippen molar-refractivity contribution in [1.29, 1.82) is 0 Å². The molecule has 1 amide bonds. The highest BCUT2D eigenvalue weighted by Crippen LogP contribution is 2.27. The molecule has 0 aromatic carbocycles. The van der Waals surface area contributed by atoms with Crippen LogP contribution < -0.4 is 4.90 Å². The van der Waals surface area contributed by atoms with E-state index < -0.39 is 6.09 Å². The molecule has 0 atom stereocenters. The minimum absolute atomic E-state index is 0.428. The van der Waals surface area contributed by atoms with Gasteiger partial charge in [0.25, 0.3) is 0 Å². The number of hydrogen-bond donors (Lipinski definition) is 1. The van der Waals surface area contributed by atoms with Gasteiger partial charge in [0.1, 0.15) is 0 Å². The normalized spacial score (nSPS) is 16.4. The molecule has 1 aromatic rings. The van der Waals surface area contributed by atoms with Gasteiger partial charge in [-0.2, -0.15) is 0 Å². The third-order valence-corrected chi connectivity index (χ3v) is 4.16. The average Bonchev–Trinajstić information content (AvgIpc) is 2.70. The van der Waals surface area contributed by atoms with Gasteiger partial charge in [0.2, 0.25) is 0 Å². The van der Waals surface area contributed by atoms with Crippen molar-refractivity contribution in [3.63, 3.8) is 0 Å². The first-order chi connectivity index (χ1) is 8.11. The molecular formula is C10H14ClN3O2S. The molecule has 0 bridgehead atoms. The molecule has 0 aliphatic carbocycles. The Morgan fingerprint density at radius 3 is 2.59 bits per heavy atom. The van der Waals surface area contributed by atoms with Crippen LogP contribution in [0.25, 0.3) is 0 Å². The largest absolute Gasteiger partial charge is 0.465 e. The minimum Gasteiger partial charge on any atom is -0.465 e. The van der Waals surface area contributed by atoms with E-state index in [0.717, 1.165) is 15.7 Å². The summed E-state index contributed by atoms with van der Waals surface area (Å²) >= 11 is 7.41. The van der Waals surface area contributed by atoms with Gasteiger partial charge < -0.3 is 14.9 Å². The number of nitrogens with zero attached hydrogens (tertiary/aromatic N) is 3. The van der Waals surface area contributed by atoms with E-state index in [1.165, 1.54) is 4.90 Å². The van der Waals surface area contributed by atoms with Crippen LogP contribution in [0.2, 0.25) is 0 Å². The molecule has 0 unspecified atom stereocenters. The SMILES string of the molecule is Cc1sc(N2CCN(C(=O)O)CC2)nc1CCl. The topological polar surface area (TPSA) is 56.7 Å². The van der Waals surface area contributed by atoms with Gasteiger partial charge in [-0.05, 0) is 6.92 Å². The number of hydrogen-bond acceptors (Lipinski definition) is 4. The zero-order valence-electron chi connectivity index (χ0n) is 9.52. The summed E-state index contributed by atoms with van der Waals surface area (Å²) in [5.74, 6) is 0.428. The highest BCUT2D eigenvalue weighted by molar-refractivity contribution is 7.15. The second-order valence-electron chi connectivity index (χ2n) is 3.89. The van der Waals surface area contributed by atoms with Crippen molar-refractivity contribution in [2.45, 2.75) is 12.8 Å². The Bertz CT molecular complexity index is 416. The third-order valence-electron chi connectivity index (χ3n) is 2.83. The molecular weight excluding hydrogens is 262 g/mol. The van der Waals surface area contributed by atoms with Gasteiger partial charge in [0.05, 0.1) is 11.6 Å². The fraction of sp³-hybridized carbons (Fsp3) is 0.600. The standard InChI is InChI=1S/C10H14ClN3O2S/c1-7-8(6-11)12-9(17-7)13-2-4-14(5-3-13)10(15)16/h2-6H2,1H3,(H,15,16). The van der Waals surface area contributed by atoms with Crippen molar-refractivity contribution in [1.82, 2.24) is 9.88 Å². The lowest BCUT2D eigenvalue weighted by Crippen LogP contribution is -2.48. The van der Waals surface area contributed by atoms with E-state index in [9.17, 15) is 4.79 Å². The van der Waals surface area contributed by atoms with Crippen LogP contribution in [0.15, 0.2) is 0 Å². The van der Waals surface area contributed by atoms with Gasteiger partial charge in [-0.1, -0.05) is 0 Å². The summed E-state index contributed by atoms with van der Waals surface area (Å²) in [7, 11) is 0. The van der Waals surface area contributed by atoms with Crippen LogP contribution in [0.1, 0.15) is 10.6 Å². The van der Waals surface area contributed by atoms with Crippen molar-refractivity contribution in [3.8, 4) is 0 Å². The van der Waals surface area contributed by atoms with E-state index in [2.05, 4.69) is 9.88 Å². The minimum atomic E-state index is -0.846. The van der Waals surface area contributed by atoms with Crippen LogP contribution in [0.4, 0.5) is 9.93 Å². The van der Waals surface area contributed by atoms with E-state index in [1.54, 1.807) is 11.3 Å². The quantitative estimate of drug-likeness (QED) is 0.839. The van der Waals surface area contributed by atoms with Gasteiger partial charge in [-0.15, -0.1) is 22.9 Å². The molecule has 94 valence electrons. The molecule has 1 aliphatic heterocycles. The summed E-state index contributed by atoms with van der Waals surface area (Å²) in [5.41, 5.74) is 0.923. The lowest BCUT2D eigenvalue weighted by Gasteiger charge is -2.32. The average molecular weight is 276 g/mol. The van der Waals surface area contributed by atoms with Crippen LogP contribution in [-0.2, 0) is 5.88 Å². The van der Waals surface area contributed by atoms with E-state index in [4.69, 9.17) is 16.7 Å². The van der Waals surface area contributed by atoms with E-state index in [1.807, 2.05) is 6.92 Å². The van der Waals surface area contributed by atoms with Crippen molar-refractivity contribution >= 4 is 34.2 Å². The Hall–Kier alpha value is -1.01. The zero-order valence-corrected chi connectivity index (χ0v) is 11.1. The van der Waals surface area contributed by atoms with Gasteiger partial charge in [-0.25, -0.2) is 9.78 Å². The van der Waals surface area contributed by atoms with Crippen molar-refractivity contribution in [3.05, 3.63) is 10.6 Å². The van der Waals surface area contributed by atoms with E-state index >= 15 is 0 Å². The number of aromatic nitrogens is 1. The number of carbonyl (C=O) groups is 1. The van der Waals surface area contributed by atoms with Crippen LogP contribution in [0.3, 0.4) is 0 Å². The maximum Gasteiger partial charge on any atom is 0.407 e. The lowest BCUT2D eigenvalue weighted by molar-refractivity contribution is 0.142. The number of rotatable bonds is 2. The van der Waals surface area contributed by atoms with Crippen molar-refractivity contribution in [2.75, 3.05) is 31.1 Å². The molecule has 17 heavy (non-hydrogen) atoms. The van der Waals surface area contributed by atoms with Crippen LogP contribution in [0.5, 0.6) is 0 Å². The second-order valence-corrected chi connectivity index (χ2v) is 5.34. The molecule has 0 spiro atoms. The lowest BCUT2D eigenvalue weighted by atomic mass is 10.3. The van der Waals surface area contributed by atoms with Gasteiger partial charge in [0.15, 0.2) is 5.13 Å². The predicted molar refractivity (Wildman–Crippen MR) is 68.2 cm³/mol. The first-order valence-corrected chi connectivity index (χ1v) is 6.72. The predicted octanol–water partition coefficient (Wildman–Crippen LogP) is 1.99. The molecule has 0 saturated carbocycles. The fourth-order valence-corrected chi connectivity index (χ4v) is 3.08. The Morgan fingerprint density at radius 2 is 2.12 bits per heavy atom. The molecule has 1 fully saturated rings. The number of thiazole rings is 1. The van der Waals surface area contributed by atoms with E-state index in [0.29, 0.717) is 32.1 Å². The summed E-state index contributed by atoms with van der Waals surface area (Å²) in [5, 5.41) is 9.81. The highest BCUT2D eigenvalue weighted by atomic mass is 35.5. The monoisotopic (exact) mass is 275 g/mol. The van der Waals surface area contributed by atoms with Crippen LogP contribution in [-0.4, -0.2) is 47.3 Å². The molecule has 2 heterocycles. The number of alkyl halides is 1. The fourth-order valence-electron chi connectivity index (χ4n) is 1.76. The van der Waals surface area contributed by atoms with E-state index in [-0.39, 0.29) is 0 Å². The van der Waals surface area contributed by atoms with Gasteiger partial charge in [0, 0.05) is 31.1 Å². The first-order valence-electron chi connectivity index (χ1n) is 5.37. The molecule has 1 aliphatic rings. The molecule has 1 saturated heterocycles. The summed E-state index contributed by atoms with van der Waals surface area (Å²) in [6.45, 7) is 4.46. The van der Waals surface area contributed by atoms with Crippen molar-refractivity contribution < 1.29 is 9.90 Å².